The summed E-state index contributed by atoms with van der Waals surface area (Å²) in [6, 6.07) is 8.69. The molecule has 2 aliphatic rings. The molecule has 0 aromatic heterocycles. The number of hydrogen-bond acceptors (Lipinski definition) is 5. The number of carbonyl (C=O) groups is 2. The lowest BCUT2D eigenvalue weighted by Gasteiger charge is -2.24. The van der Waals surface area contributed by atoms with Crippen LogP contribution in [-0.2, 0) is 25.0 Å². The van der Waals surface area contributed by atoms with Crippen LogP contribution in [0.2, 0.25) is 5.02 Å². The second-order valence-corrected chi connectivity index (χ2v) is 11.1. The van der Waals surface area contributed by atoms with Gasteiger partial charge in [-0.15, -0.1) is 0 Å². The molecule has 2 amide bonds. The number of rotatable bonds is 5. The molecule has 2 aliphatic heterocycles. The van der Waals surface area contributed by atoms with E-state index in [0.717, 1.165) is 0 Å². The molecule has 0 saturated carbocycles. The predicted octanol–water partition coefficient (Wildman–Crippen LogP) is 3.39. The number of carbonyl (C=O) groups excluding carboxylic acids is 2. The van der Waals surface area contributed by atoms with E-state index in [1.807, 2.05) is 0 Å². The second-order valence-electron chi connectivity index (χ2n) is 8.78. The maximum Gasteiger partial charge on any atom is 0.243 e. The molecule has 2 aromatic rings. The first-order valence-corrected chi connectivity index (χ1v) is 12.4. The van der Waals surface area contributed by atoms with Crippen LogP contribution in [-0.4, -0.2) is 51.3 Å². The Morgan fingerprint density at radius 3 is 2.61 bits per heavy atom. The van der Waals surface area contributed by atoms with Gasteiger partial charge >= 0.3 is 0 Å². The minimum Gasteiger partial charge on any atom is -0.495 e. The van der Waals surface area contributed by atoms with E-state index >= 15 is 0 Å². The Labute approximate surface area is 198 Å². The van der Waals surface area contributed by atoms with Crippen molar-refractivity contribution in [2.45, 2.75) is 43.0 Å². The van der Waals surface area contributed by atoms with Crippen LogP contribution in [0.1, 0.15) is 32.3 Å². The summed E-state index contributed by atoms with van der Waals surface area (Å²) in [7, 11) is -0.782. The number of amides is 2. The van der Waals surface area contributed by atoms with Gasteiger partial charge in [0.2, 0.25) is 21.8 Å². The summed E-state index contributed by atoms with van der Waals surface area (Å²) in [5.41, 5.74) is 0.974. The molecule has 0 radical (unpaired) electrons. The highest BCUT2D eigenvalue weighted by Gasteiger charge is 2.44. The first-order chi connectivity index (χ1) is 15.5. The van der Waals surface area contributed by atoms with Gasteiger partial charge in [-0.1, -0.05) is 11.6 Å². The van der Waals surface area contributed by atoms with Crippen LogP contribution in [0, 0.1) is 0 Å². The van der Waals surface area contributed by atoms with E-state index in [2.05, 4.69) is 5.32 Å². The Hall–Kier alpha value is -2.62. The van der Waals surface area contributed by atoms with Crippen molar-refractivity contribution in [3.63, 3.8) is 0 Å². The third-order valence-electron chi connectivity index (χ3n) is 6.37. The summed E-state index contributed by atoms with van der Waals surface area (Å²) in [6.45, 7) is 3.80. The number of benzene rings is 2. The first kappa shape index (κ1) is 23.5. The number of ether oxygens (including phenoxy) is 1. The first-order valence-electron chi connectivity index (χ1n) is 10.6. The van der Waals surface area contributed by atoms with Crippen LogP contribution >= 0.6 is 11.6 Å². The van der Waals surface area contributed by atoms with Crippen LogP contribution in [0.4, 0.5) is 11.4 Å². The molecule has 2 aromatic carbocycles. The number of hydrogen-bond donors (Lipinski definition) is 1. The smallest absolute Gasteiger partial charge is 0.243 e. The lowest BCUT2D eigenvalue weighted by molar-refractivity contribution is -0.122. The molecule has 1 fully saturated rings. The summed E-state index contributed by atoms with van der Waals surface area (Å²) < 4.78 is 33.4. The van der Waals surface area contributed by atoms with E-state index in [1.165, 1.54) is 22.4 Å². The van der Waals surface area contributed by atoms with Crippen molar-refractivity contribution in [2.24, 2.45) is 0 Å². The normalized spacial score (nSPS) is 20.1. The SMILES string of the molecule is COc1ccc(NC(=O)C2CCCN2S(=O)(=O)c2ccc3c(c2)C(C)(C)C(=O)N3C)cc1Cl. The van der Waals surface area contributed by atoms with Crippen LogP contribution < -0.4 is 15.0 Å². The minimum atomic E-state index is -3.95. The molecule has 176 valence electrons. The summed E-state index contributed by atoms with van der Waals surface area (Å²) in [5.74, 6) is -0.0410. The largest absolute Gasteiger partial charge is 0.495 e. The van der Waals surface area contributed by atoms with E-state index in [-0.39, 0.29) is 17.3 Å². The third kappa shape index (κ3) is 3.88. The second kappa shape index (κ2) is 8.30. The van der Waals surface area contributed by atoms with Gasteiger partial charge in [-0.2, -0.15) is 4.31 Å². The molecule has 2 heterocycles. The van der Waals surface area contributed by atoms with E-state index in [1.54, 1.807) is 51.2 Å². The predicted molar refractivity (Wildman–Crippen MR) is 126 cm³/mol. The van der Waals surface area contributed by atoms with Gasteiger partial charge in [0, 0.05) is 25.0 Å². The molecule has 0 bridgehead atoms. The molecule has 4 rings (SSSR count). The number of methoxy groups -OCH3 is 1. The fraction of sp³-hybridized carbons (Fsp3) is 0.391. The van der Waals surface area contributed by atoms with Gasteiger partial charge in [0.1, 0.15) is 11.8 Å². The average molecular weight is 492 g/mol. The monoisotopic (exact) mass is 491 g/mol. The van der Waals surface area contributed by atoms with Crippen molar-refractivity contribution < 1.29 is 22.7 Å². The van der Waals surface area contributed by atoms with Crippen molar-refractivity contribution in [3.05, 3.63) is 47.0 Å². The summed E-state index contributed by atoms with van der Waals surface area (Å²) >= 11 is 6.13. The van der Waals surface area contributed by atoms with Gasteiger partial charge in [0.15, 0.2) is 0 Å². The number of halogens is 1. The molecule has 1 saturated heterocycles. The molecule has 10 heteroatoms. The fourth-order valence-electron chi connectivity index (χ4n) is 4.51. The zero-order valence-corrected chi connectivity index (χ0v) is 20.5. The zero-order chi connectivity index (χ0) is 24.1. The Bertz CT molecular complexity index is 1240. The molecule has 1 unspecified atom stereocenters. The average Bonchev–Trinajstić information content (AvgIpc) is 3.34. The highest BCUT2D eigenvalue weighted by Crippen LogP contribution is 2.42. The van der Waals surface area contributed by atoms with Gasteiger partial charge in [0.25, 0.3) is 0 Å². The van der Waals surface area contributed by atoms with Gasteiger partial charge in [0.05, 0.1) is 22.4 Å². The van der Waals surface area contributed by atoms with Crippen molar-refractivity contribution in [1.29, 1.82) is 0 Å². The lowest BCUT2D eigenvalue weighted by atomic mass is 9.86. The maximum atomic E-state index is 13.5. The van der Waals surface area contributed by atoms with Crippen molar-refractivity contribution >= 4 is 44.8 Å². The van der Waals surface area contributed by atoms with E-state index in [0.29, 0.717) is 40.6 Å². The number of anilines is 2. The number of likely N-dealkylation sites (N-methyl/N-ethyl adjacent to an activating group) is 1. The Morgan fingerprint density at radius 2 is 1.94 bits per heavy atom. The number of nitrogens with one attached hydrogen (secondary N) is 1. The maximum absolute atomic E-state index is 13.5. The van der Waals surface area contributed by atoms with E-state index in [4.69, 9.17) is 16.3 Å². The van der Waals surface area contributed by atoms with Crippen LogP contribution in [0.25, 0.3) is 0 Å². The van der Waals surface area contributed by atoms with Crippen LogP contribution in [0.3, 0.4) is 0 Å². The highest BCUT2D eigenvalue weighted by atomic mass is 35.5. The topological polar surface area (TPSA) is 96.0 Å². The van der Waals surface area contributed by atoms with Gasteiger partial charge in [-0.05, 0) is 68.7 Å². The number of nitrogens with zero attached hydrogens (tertiary/aromatic N) is 2. The number of fused-ring (bicyclic) bond motifs is 1. The van der Waals surface area contributed by atoms with Crippen LogP contribution in [0.15, 0.2) is 41.3 Å². The summed E-state index contributed by atoms with van der Waals surface area (Å²) in [5, 5.41) is 3.10. The molecular formula is C23H26ClN3O5S. The molecule has 0 spiro atoms. The molecule has 33 heavy (non-hydrogen) atoms. The lowest BCUT2D eigenvalue weighted by Crippen LogP contribution is -2.43. The van der Waals surface area contributed by atoms with E-state index in [9.17, 15) is 18.0 Å². The van der Waals surface area contributed by atoms with Crippen LogP contribution in [0.5, 0.6) is 5.75 Å². The molecule has 8 nitrogen and oxygen atoms in total. The van der Waals surface area contributed by atoms with Crippen molar-refractivity contribution in [1.82, 2.24) is 4.31 Å². The van der Waals surface area contributed by atoms with Crippen molar-refractivity contribution in [3.8, 4) is 5.75 Å². The van der Waals surface area contributed by atoms with Gasteiger partial charge in [-0.3, -0.25) is 9.59 Å². The molecule has 1 atom stereocenters. The quantitative estimate of drug-likeness (QED) is 0.691. The minimum absolute atomic E-state index is 0.0737. The van der Waals surface area contributed by atoms with Gasteiger partial charge in [-0.25, -0.2) is 8.42 Å². The zero-order valence-electron chi connectivity index (χ0n) is 18.9. The third-order valence-corrected chi connectivity index (χ3v) is 8.57. The molecule has 0 aliphatic carbocycles. The summed E-state index contributed by atoms with van der Waals surface area (Å²) in [6.07, 6.45) is 0.977. The number of sulfonamides is 1. The highest BCUT2D eigenvalue weighted by molar-refractivity contribution is 7.89. The van der Waals surface area contributed by atoms with Crippen molar-refractivity contribution in [2.75, 3.05) is 30.9 Å². The van der Waals surface area contributed by atoms with E-state index < -0.39 is 27.4 Å². The Balaban J connectivity index is 1.61. The Morgan fingerprint density at radius 1 is 1.21 bits per heavy atom. The standard InChI is InChI=1S/C23H26ClN3O5S/c1-23(2)16-13-15(8-9-18(16)26(3)22(23)29)33(30,31)27-11-5-6-19(27)21(28)25-14-7-10-20(32-4)17(24)12-14/h7-10,12-13,19H,5-6,11H2,1-4H3,(H,25,28). The molecule has 1 N–H and O–H groups in total. The Kier molecular flexibility index (Phi) is 5.92. The summed E-state index contributed by atoms with van der Waals surface area (Å²) in [4.78, 5) is 27.2. The molecular weight excluding hydrogens is 466 g/mol. The fourth-order valence-corrected chi connectivity index (χ4v) is 6.45. The van der Waals surface area contributed by atoms with Gasteiger partial charge < -0.3 is 15.0 Å².